The molecule has 0 aromatic heterocycles. The molecule has 5 heteroatoms. The number of rotatable bonds is 4. The molecule has 0 radical (unpaired) electrons. The minimum absolute atomic E-state index is 0.00183. The Kier molecular flexibility index (Phi) is 5.46. The number of nitriles is 1. The molecule has 1 amide bonds. The molecule has 1 aromatic carbocycles. The number of ether oxygens (including phenoxy) is 1. The smallest absolute Gasteiger partial charge is 0.260 e. The number of halogens is 1. The highest BCUT2D eigenvalue weighted by atomic mass is 35.5. The van der Waals surface area contributed by atoms with Crippen molar-refractivity contribution in [2.45, 2.75) is 38.6 Å². The van der Waals surface area contributed by atoms with Crippen molar-refractivity contribution in [3.8, 4) is 11.8 Å². The van der Waals surface area contributed by atoms with E-state index >= 15 is 0 Å². The second kappa shape index (κ2) is 7.33. The molecule has 1 atom stereocenters. The average Bonchev–Trinajstić information content (AvgIpc) is 2.53. The largest absolute Gasteiger partial charge is 0.482 e. The summed E-state index contributed by atoms with van der Waals surface area (Å²) in [5.74, 6) is 0.441. The van der Waals surface area contributed by atoms with Crippen LogP contribution in [0.2, 0.25) is 5.02 Å². The molecule has 1 fully saturated rings. The molecule has 1 aromatic rings. The van der Waals surface area contributed by atoms with E-state index in [1.807, 2.05) is 11.0 Å². The molecule has 1 aliphatic heterocycles. The second-order valence-electron chi connectivity index (χ2n) is 5.19. The first-order valence-electron chi connectivity index (χ1n) is 7.27. The fraction of sp³-hybridized carbons (Fsp3) is 0.500. The van der Waals surface area contributed by atoms with Gasteiger partial charge in [0.15, 0.2) is 6.61 Å². The fourth-order valence-electron chi connectivity index (χ4n) is 2.66. The lowest BCUT2D eigenvalue weighted by Gasteiger charge is -2.35. The van der Waals surface area contributed by atoms with Gasteiger partial charge in [-0.2, -0.15) is 5.26 Å². The Morgan fingerprint density at radius 2 is 2.33 bits per heavy atom. The minimum Gasteiger partial charge on any atom is -0.482 e. The number of nitrogens with zero attached hydrogens (tertiary/aromatic N) is 2. The molecule has 0 aliphatic carbocycles. The van der Waals surface area contributed by atoms with Crippen LogP contribution in [0.25, 0.3) is 0 Å². The van der Waals surface area contributed by atoms with E-state index < -0.39 is 0 Å². The topological polar surface area (TPSA) is 53.3 Å². The van der Waals surface area contributed by atoms with Crippen molar-refractivity contribution >= 4 is 17.5 Å². The monoisotopic (exact) mass is 306 g/mol. The van der Waals surface area contributed by atoms with Gasteiger partial charge in [-0.25, -0.2) is 0 Å². The Labute approximate surface area is 130 Å². The van der Waals surface area contributed by atoms with Crippen LogP contribution in [-0.4, -0.2) is 30.0 Å². The van der Waals surface area contributed by atoms with Gasteiger partial charge in [-0.15, -0.1) is 0 Å². The van der Waals surface area contributed by atoms with Gasteiger partial charge in [-0.05, 0) is 43.9 Å². The van der Waals surface area contributed by atoms with Crippen molar-refractivity contribution in [1.29, 1.82) is 5.26 Å². The maximum atomic E-state index is 12.3. The number of hydrogen-bond acceptors (Lipinski definition) is 3. The number of hydrogen-bond donors (Lipinski definition) is 0. The third kappa shape index (κ3) is 3.89. The molecule has 21 heavy (non-hydrogen) atoms. The van der Waals surface area contributed by atoms with Crippen LogP contribution in [0.5, 0.6) is 5.75 Å². The van der Waals surface area contributed by atoms with Crippen LogP contribution in [0, 0.1) is 11.3 Å². The van der Waals surface area contributed by atoms with Gasteiger partial charge in [-0.1, -0.05) is 18.5 Å². The fourth-order valence-corrected chi connectivity index (χ4v) is 2.90. The first-order chi connectivity index (χ1) is 10.2. The normalized spacial score (nSPS) is 18.1. The summed E-state index contributed by atoms with van der Waals surface area (Å²) in [6, 6.07) is 7.13. The van der Waals surface area contributed by atoms with E-state index in [9.17, 15) is 4.79 Å². The lowest BCUT2D eigenvalue weighted by molar-refractivity contribution is -0.137. The van der Waals surface area contributed by atoms with Crippen LogP contribution < -0.4 is 4.74 Å². The number of carbonyl (C=O) groups excluding carboxylic acids is 1. The highest BCUT2D eigenvalue weighted by molar-refractivity contribution is 6.32. The van der Waals surface area contributed by atoms with Gasteiger partial charge >= 0.3 is 0 Å². The summed E-state index contributed by atoms with van der Waals surface area (Å²) in [7, 11) is 0. The number of benzene rings is 1. The summed E-state index contributed by atoms with van der Waals surface area (Å²) in [4.78, 5) is 14.2. The molecule has 0 unspecified atom stereocenters. The Balaban J connectivity index is 1.96. The molecule has 1 heterocycles. The van der Waals surface area contributed by atoms with Crippen LogP contribution in [0.3, 0.4) is 0 Å². The van der Waals surface area contributed by atoms with Gasteiger partial charge in [0.1, 0.15) is 5.75 Å². The minimum atomic E-state index is -0.0118. The van der Waals surface area contributed by atoms with Crippen LogP contribution in [0.4, 0.5) is 0 Å². The van der Waals surface area contributed by atoms with Gasteiger partial charge in [0.2, 0.25) is 0 Å². The SMILES string of the molecule is CC[C@@H]1CCCCN1C(=O)COc1ccc(C#N)cc1Cl. The van der Waals surface area contributed by atoms with E-state index in [0.717, 1.165) is 25.8 Å². The lowest BCUT2D eigenvalue weighted by Crippen LogP contribution is -2.45. The van der Waals surface area contributed by atoms with E-state index in [4.69, 9.17) is 21.6 Å². The van der Waals surface area contributed by atoms with E-state index in [1.54, 1.807) is 12.1 Å². The molecular weight excluding hydrogens is 288 g/mol. The molecule has 2 rings (SSSR count). The first-order valence-corrected chi connectivity index (χ1v) is 7.65. The quantitative estimate of drug-likeness (QED) is 0.857. The van der Waals surface area contributed by atoms with Crippen LogP contribution in [0.1, 0.15) is 38.2 Å². The Hall–Kier alpha value is -1.73. The van der Waals surface area contributed by atoms with Gasteiger partial charge in [-0.3, -0.25) is 4.79 Å². The summed E-state index contributed by atoms with van der Waals surface area (Å²) in [6.45, 7) is 2.90. The molecule has 0 saturated carbocycles. The average molecular weight is 307 g/mol. The van der Waals surface area contributed by atoms with E-state index in [2.05, 4.69) is 6.92 Å². The number of likely N-dealkylation sites (tertiary alicyclic amines) is 1. The molecule has 0 spiro atoms. The van der Waals surface area contributed by atoms with E-state index in [0.29, 0.717) is 22.4 Å². The van der Waals surface area contributed by atoms with Crippen LogP contribution in [0.15, 0.2) is 18.2 Å². The van der Waals surface area contributed by atoms with Crippen LogP contribution in [-0.2, 0) is 4.79 Å². The molecular formula is C16H19ClN2O2. The van der Waals surface area contributed by atoms with Gasteiger partial charge in [0.25, 0.3) is 5.91 Å². The molecule has 4 nitrogen and oxygen atoms in total. The Morgan fingerprint density at radius 3 is 3.00 bits per heavy atom. The molecule has 0 bridgehead atoms. The first kappa shape index (κ1) is 15.7. The third-order valence-corrected chi connectivity index (χ3v) is 4.13. The predicted octanol–water partition coefficient (Wildman–Crippen LogP) is 3.38. The lowest BCUT2D eigenvalue weighted by atomic mass is 10.00. The summed E-state index contributed by atoms with van der Waals surface area (Å²) in [6.07, 6.45) is 4.29. The number of amides is 1. The Bertz CT molecular complexity index is 554. The summed E-state index contributed by atoms with van der Waals surface area (Å²) < 4.78 is 5.51. The number of carbonyl (C=O) groups is 1. The zero-order valence-electron chi connectivity index (χ0n) is 12.1. The summed E-state index contributed by atoms with van der Waals surface area (Å²) in [5, 5.41) is 9.14. The third-order valence-electron chi connectivity index (χ3n) is 3.83. The van der Waals surface area contributed by atoms with E-state index in [-0.39, 0.29) is 12.5 Å². The predicted molar refractivity (Wildman–Crippen MR) is 81.3 cm³/mol. The zero-order chi connectivity index (χ0) is 15.2. The zero-order valence-corrected chi connectivity index (χ0v) is 12.9. The van der Waals surface area contributed by atoms with Crippen molar-refractivity contribution in [2.24, 2.45) is 0 Å². The molecule has 0 N–H and O–H groups in total. The maximum Gasteiger partial charge on any atom is 0.260 e. The van der Waals surface area contributed by atoms with Gasteiger partial charge in [0.05, 0.1) is 16.7 Å². The van der Waals surface area contributed by atoms with Crippen molar-refractivity contribution in [1.82, 2.24) is 4.90 Å². The highest BCUT2D eigenvalue weighted by Gasteiger charge is 2.25. The van der Waals surface area contributed by atoms with Crippen molar-refractivity contribution in [2.75, 3.05) is 13.2 Å². The van der Waals surface area contributed by atoms with Gasteiger partial charge < -0.3 is 9.64 Å². The number of piperidine rings is 1. The maximum absolute atomic E-state index is 12.3. The molecule has 112 valence electrons. The highest BCUT2D eigenvalue weighted by Crippen LogP contribution is 2.26. The van der Waals surface area contributed by atoms with Crippen molar-refractivity contribution < 1.29 is 9.53 Å². The van der Waals surface area contributed by atoms with Crippen molar-refractivity contribution in [3.63, 3.8) is 0 Å². The summed E-state index contributed by atoms with van der Waals surface area (Å²) in [5.41, 5.74) is 0.473. The standard InChI is InChI=1S/C16H19ClN2O2/c1-2-13-5-3-4-8-19(13)16(20)11-21-15-7-6-12(10-18)9-14(15)17/h6-7,9,13H,2-5,8,11H2,1H3/t13-/m1/s1. The summed E-state index contributed by atoms with van der Waals surface area (Å²) >= 11 is 6.03. The van der Waals surface area contributed by atoms with Crippen molar-refractivity contribution in [3.05, 3.63) is 28.8 Å². The second-order valence-corrected chi connectivity index (χ2v) is 5.60. The Morgan fingerprint density at radius 1 is 1.52 bits per heavy atom. The molecule has 1 aliphatic rings. The van der Waals surface area contributed by atoms with Crippen LogP contribution >= 0.6 is 11.6 Å². The molecule has 1 saturated heterocycles. The van der Waals surface area contributed by atoms with Gasteiger partial charge in [0, 0.05) is 12.6 Å². The van der Waals surface area contributed by atoms with E-state index in [1.165, 1.54) is 12.5 Å².